The van der Waals surface area contributed by atoms with Crippen molar-refractivity contribution in [3.05, 3.63) is 29.3 Å². The van der Waals surface area contributed by atoms with Crippen LogP contribution in [0.15, 0.2) is 23.6 Å². The Bertz CT molecular complexity index is 685. The van der Waals surface area contributed by atoms with Gasteiger partial charge >= 0.3 is 0 Å². The van der Waals surface area contributed by atoms with Crippen molar-refractivity contribution in [2.75, 3.05) is 33.3 Å². The van der Waals surface area contributed by atoms with Crippen LogP contribution in [-0.4, -0.2) is 71.3 Å². The third kappa shape index (κ3) is 2.99. The smallest absolute Gasteiger partial charge is 0.274 e. The van der Waals surface area contributed by atoms with E-state index in [4.69, 9.17) is 4.74 Å². The summed E-state index contributed by atoms with van der Waals surface area (Å²) >= 11 is 1.64. The zero-order valence-electron chi connectivity index (χ0n) is 13.8. The molecule has 0 radical (unpaired) electrons. The van der Waals surface area contributed by atoms with Gasteiger partial charge in [0, 0.05) is 39.3 Å². The van der Waals surface area contributed by atoms with Gasteiger partial charge in [-0.15, -0.1) is 11.3 Å². The van der Waals surface area contributed by atoms with Gasteiger partial charge < -0.3 is 9.64 Å². The fourth-order valence-corrected chi connectivity index (χ4v) is 4.17. The number of piperidine rings is 1. The maximum atomic E-state index is 12.5. The highest BCUT2D eigenvalue weighted by Crippen LogP contribution is 2.25. The van der Waals surface area contributed by atoms with Crippen LogP contribution >= 0.6 is 11.3 Å². The van der Waals surface area contributed by atoms with Gasteiger partial charge in [-0.1, -0.05) is 6.07 Å². The number of carbonyl (C=O) groups excluding carboxylic acids is 1. The van der Waals surface area contributed by atoms with Crippen molar-refractivity contribution < 1.29 is 9.53 Å². The summed E-state index contributed by atoms with van der Waals surface area (Å²) in [5.74, 6) is 0.0251. The summed E-state index contributed by atoms with van der Waals surface area (Å²) in [5.41, 5.74) is 1.42. The van der Waals surface area contributed by atoms with Crippen LogP contribution in [0.4, 0.5) is 0 Å². The lowest BCUT2D eigenvalue weighted by molar-refractivity contribution is -0.0121. The molecule has 0 unspecified atom stereocenters. The second-order valence-corrected chi connectivity index (χ2v) is 7.43. The first-order chi connectivity index (χ1) is 11.7. The average molecular weight is 346 g/mol. The van der Waals surface area contributed by atoms with E-state index in [2.05, 4.69) is 15.1 Å². The number of nitrogens with zero attached hydrogens (tertiary/aromatic N) is 3. The van der Waals surface area contributed by atoms with Crippen molar-refractivity contribution in [3.63, 3.8) is 0 Å². The number of ether oxygens (including phenoxy) is 1. The van der Waals surface area contributed by atoms with Crippen LogP contribution in [0.2, 0.25) is 0 Å². The number of methoxy groups -OCH3 is 1. The van der Waals surface area contributed by atoms with Gasteiger partial charge in [-0.05, 0) is 30.4 Å². The number of rotatable bonds is 4. The lowest BCUT2D eigenvalue weighted by Crippen LogP contribution is -2.62. The Kier molecular flexibility index (Phi) is 4.39. The molecule has 0 aromatic carbocycles. The Morgan fingerprint density at radius 1 is 1.38 bits per heavy atom. The minimum atomic E-state index is 0.0251. The molecule has 0 bridgehead atoms. The molecule has 128 valence electrons. The molecule has 2 fully saturated rings. The fourth-order valence-electron chi connectivity index (χ4n) is 3.48. The normalized spacial score (nSPS) is 20.3. The Hall–Kier alpha value is -1.70. The van der Waals surface area contributed by atoms with Crippen molar-refractivity contribution in [2.45, 2.75) is 25.0 Å². The van der Waals surface area contributed by atoms with Crippen LogP contribution in [-0.2, 0) is 4.74 Å². The van der Waals surface area contributed by atoms with Crippen LogP contribution in [0.3, 0.4) is 0 Å². The first-order valence-corrected chi connectivity index (χ1v) is 9.28. The van der Waals surface area contributed by atoms with Gasteiger partial charge in [-0.2, -0.15) is 5.10 Å². The number of hydrogen-bond acceptors (Lipinski definition) is 5. The van der Waals surface area contributed by atoms with Crippen LogP contribution in [0.25, 0.3) is 10.6 Å². The van der Waals surface area contributed by atoms with Crippen molar-refractivity contribution in [2.24, 2.45) is 0 Å². The van der Waals surface area contributed by atoms with Crippen molar-refractivity contribution in [1.82, 2.24) is 20.0 Å². The minimum Gasteiger partial charge on any atom is -0.381 e. The number of aromatic amines is 1. The summed E-state index contributed by atoms with van der Waals surface area (Å²) in [6.45, 7) is 3.74. The number of hydrogen-bond donors (Lipinski definition) is 1. The molecule has 2 aliphatic rings. The number of H-pyrrole nitrogens is 1. The predicted octanol–water partition coefficient (Wildman–Crippen LogP) is 2.07. The van der Waals surface area contributed by atoms with Crippen molar-refractivity contribution in [1.29, 1.82) is 0 Å². The van der Waals surface area contributed by atoms with E-state index in [0.717, 1.165) is 49.6 Å². The molecule has 6 nitrogen and oxygen atoms in total. The Morgan fingerprint density at radius 2 is 2.17 bits per heavy atom. The number of nitrogens with one attached hydrogen (secondary N) is 1. The molecule has 1 N–H and O–H groups in total. The highest BCUT2D eigenvalue weighted by Gasteiger charge is 2.37. The summed E-state index contributed by atoms with van der Waals surface area (Å²) in [5, 5.41) is 9.18. The first-order valence-electron chi connectivity index (χ1n) is 8.40. The fraction of sp³-hybridized carbons (Fsp3) is 0.529. The summed E-state index contributed by atoms with van der Waals surface area (Å²) in [6, 6.07) is 6.36. The summed E-state index contributed by atoms with van der Waals surface area (Å²) < 4.78 is 5.42. The number of thiophene rings is 1. The zero-order chi connectivity index (χ0) is 16.5. The van der Waals surface area contributed by atoms with Crippen LogP contribution in [0.5, 0.6) is 0 Å². The summed E-state index contributed by atoms with van der Waals surface area (Å²) in [4.78, 5) is 18.0. The highest BCUT2D eigenvalue weighted by atomic mass is 32.1. The molecule has 2 aromatic rings. The lowest BCUT2D eigenvalue weighted by atomic mass is 10.0. The SMILES string of the molecule is COC1CCN(C2CN(C(=O)c3cc(-c4cccs4)[nH]n3)C2)CC1. The molecule has 0 aliphatic carbocycles. The zero-order valence-corrected chi connectivity index (χ0v) is 14.6. The van der Waals surface area contributed by atoms with E-state index < -0.39 is 0 Å². The molecule has 0 atom stereocenters. The van der Waals surface area contributed by atoms with Gasteiger partial charge in [0.2, 0.25) is 0 Å². The van der Waals surface area contributed by atoms with E-state index >= 15 is 0 Å². The molecule has 2 aromatic heterocycles. The standard InChI is InChI=1S/C17H22N4O2S/c1-23-13-4-6-20(7-5-13)12-10-21(11-12)17(22)15-9-14(18-19-15)16-3-2-8-24-16/h2-3,8-9,12-13H,4-7,10-11H2,1H3,(H,18,19). The quantitative estimate of drug-likeness (QED) is 0.921. The maximum Gasteiger partial charge on any atom is 0.274 e. The van der Waals surface area contributed by atoms with Gasteiger partial charge in [0.25, 0.3) is 5.91 Å². The monoisotopic (exact) mass is 346 g/mol. The lowest BCUT2D eigenvalue weighted by Gasteiger charge is -2.47. The topological polar surface area (TPSA) is 61.5 Å². The van der Waals surface area contributed by atoms with E-state index in [1.54, 1.807) is 18.4 Å². The summed E-state index contributed by atoms with van der Waals surface area (Å²) in [7, 11) is 1.79. The molecule has 4 heterocycles. The van der Waals surface area contributed by atoms with Gasteiger partial charge in [0.1, 0.15) is 0 Å². The van der Waals surface area contributed by atoms with Crippen LogP contribution in [0.1, 0.15) is 23.3 Å². The number of aromatic nitrogens is 2. The number of amides is 1. The Morgan fingerprint density at radius 3 is 2.83 bits per heavy atom. The molecule has 7 heteroatoms. The Labute approximate surface area is 145 Å². The Balaban J connectivity index is 1.31. The maximum absolute atomic E-state index is 12.5. The van der Waals surface area contributed by atoms with E-state index in [9.17, 15) is 4.79 Å². The van der Waals surface area contributed by atoms with E-state index in [0.29, 0.717) is 17.8 Å². The third-order valence-electron chi connectivity index (χ3n) is 5.06. The molecule has 2 aliphatic heterocycles. The van der Waals surface area contributed by atoms with Crippen LogP contribution in [0, 0.1) is 0 Å². The molecule has 0 spiro atoms. The average Bonchev–Trinajstić information content (AvgIpc) is 3.25. The second-order valence-electron chi connectivity index (χ2n) is 6.48. The third-order valence-corrected chi connectivity index (χ3v) is 5.96. The number of carbonyl (C=O) groups is 1. The summed E-state index contributed by atoms with van der Waals surface area (Å²) in [6.07, 6.45) is 2.58. The molecule has 24 heavy (non-hydrogen) atoms. The van der Waals surface area contributed by atoms with E-state index in [1.807, 2.05) is 28.5 Å². The van der Waals surface area contributed by atoms with Gasteiger partial charge in [0.15, 0.2) is 5.69 Å². The minimum absolute atomic E-state index is 0.0251. The molecular weight excluding hydrogens is 324 g/mol. The first kappa shape index (κ1) is 15.8. The largest absolute Gasteiger partial charge is 0.381 e. The van der Waals surface area contributed by atoms with Crippen molar-refractivity contribution in [3.8, 4) is 10.6 Å². The molecule has 2 saturated heterocycles. The van der Waals surface area contributed by atoms with E-state index in [-0.39, 0.29) is 5.91 Å². The van der Waals surface area contributed by atoms with E-state index in [1.165, 1.54) is 0 Å². The second kappa shape index (κ2) is 6.66. The van der Waals surface area contributed by atoms with Gasteiger partial charge in [0.05, 0.1) is 16.7 Å². The molecule has 4 rings (SSSR count). The number of likely N-dealkylation sites (tertiary alicyclic amines) is 2. The predicted molar refractivity (Wildman–Crippen MR) is 93.2 cm³/mol. The highest BCUT2D eigenvalue weighted by molar-refractivity contribution is 7.13. The van der Waals surface area contributed by atoms with Crippen molar-refractivity contribution >= 4 is 17.2 Å². The van der Waals surface area contributed by atoms with Gasteiger partial charge in [-0.25, -0.2) is 0 Å². The molecule has 0 saturated carbocycles. The molecule has 1 amide bonds. The van der Waals surface area contributed by atoms with Crippen LogP contribution < -0.4 is 0 Å². The molecular formula is C17H22N4O2S. The van der Waals surface area contributed by atoms with Gasteiger partial charge in [-0.3, -0.25) is 14.8 Å².